The van der Waals surface area contributed by atoms with E-state index in [9.17, 15) is 9.59 Å². The maximum atomic E-state index is 10.5. The van der Waals surface area contributed by atoms with Gasteiger partial charge in [0.2, 0.25) is 10.4 Å². The predicted molar refractivity (Wildman–Crippen MR) is 132 cm³/mol. The zero-order chi connectivity index (χ0) is 27.9. The average Bonchev–Trinajstić information content (AvgIpc) is 2.86. The molecule has 0 amide bonds. The van der Waals surface area contributed by atoms with Gasteiger partial charge >= 0.3 is 92.9 Å². The Balaban J connectivity index is -0.000000151. The van der Waals surface area contributed by atoms with Gasteiger partial charge in [0, 0.05) is 12.8 Å². The second kappa shape index (κ2) is 40.5. The zero-order valence-corrected chi connectivity index (χ0v) is 30.1. The van der Waals surface area contributed by atoms with Crippen LogP contribution in [0.2, 0.25) is 0 Å². The third kappa shape index (κ3) is 53.6. The van der Waals surface area contributed by atoms with Crippen molar-refractivity contribution in [3.8, 4) is 0 Å². The molecule has 38 heavy (non-hydrogen) atoms. The minimum Gasteiger partial charge on any atom is -0.726 e. The molecule has 0 aromatic rings. The van der Waals surface area contributed by atoms with Crippen molar-refractivity contribution in [2.75, 3.05) is 0 Å². The zero-order valence-electron chi connectivity index (χ0n) is 24.1. The van der Waals surface area contributed by atoms with Gasteiger partial charge in [0.1, 0.15) is 0 Å². The van der Waals surface area contributed by atoms with E-state index in [1.165, 1.54) is 89.9 Å². The Morgan fingerprint density at radius 2 is 0.816 bits per heavy atom. The van der Waals surface area contributed by atoms with Gasteiger partial charge in [0.15, 0.2) is 0 Å². The van der Waals surface area contributed by atoms with Gasteiger partial charge in [0.25, 0.3) is 0 Å². The quantitative estimate of drug-likeness (QED) is 0.0433. The van der Waals surface area contributed by atoms with E-state index in [4.69, 9.17) is 28.7 Å². The molecule has 0 heterocycles. The second-order valence-corrected chi connectivity index (χ2v) is 9.51. The summed E-state index contributed by atoms with van der Waals surface area (Å²) in [5.41, 5.74) is 0. The Kier molecular flexibility index (Phi) is 52.2. The fraction of sp³-hybridized carbons (Fsp3) is 0.917. The molecule has 0 fully saturated rings. The van der Waals surface area contributed by atoms with Gasteiger partial charge in [-0.2, -0.15) is 10.5 Å². The van der Waals surface area contributed by atoms with Crippen LogP contribution in [0.3, 0.4) is 0 Å². The van der Waals surface area contributed by atoms with E-state index in [1.54, 1.807) is 0 Å². The number of rotatable bonds is 21. The number of unbranched alkanes of at least 4 members (excludes halogenated alkanes) is 16. The molecule has 0 aromatic carbocycles. The summed E-state index contributed by atoms with van der Waals surface area (Å²) in [5, 5.41) is 24.6. The molecule has 0 saturated carbocycles. The van der Waals surface area contributed by atoms with Gasteiger partial charge in [-0.05, 0) is 12.8 Å². The largest absolute Gasteiger partial charge is 1.00 e. The fourth-order valence-corrected chi connectivity index (χ4v) is 3.25. The summed E-state index contributed by atoms with van der Waals surface area (Å²) >= 11 is 0. The smallest absolute Gasteiger partial charge is 0.726 e. The summed E-state index contributed by atoms with van der Waals surface area (Å²) in [5.74, 6) is -1.03. The summed E-state index contributed by atoms with van der Waals surface area (Å²) in [6, 6.07) is 0. The summed E-state index contributed by atoms with van der Waals surface area (Å²) in [4.78, 5) is 28.3. The first-order valence-electron chi connectivity index (χ1n) is 13.1. The average molecular weight is 607 g/mol. The van der Waals surface area contributed by atoms with E-state index in [0.29, 0.717) is 12.8 Å². The molecule has 14 heteroatoms. The normalized spacial score (nSPS) is 9.95. The molecule has 0 rings (SSSR count). The van der Waals surface area contributed by atoms with E-state index in [0.717, 1.165) is 25.7 Å². The van der Waals surface area contributed by atoms with Gasteiger partial charge < -0.3 is 23.9 Å². The number of hydrogen-bond donors (Lipinski definition) is 2. The molecule has 0 atom stereocenters. The van der Waals surface area contributed by atoms with Crippen molar-refractivity contribution in [2.24, 2.45) is 0 Å². The van der Waals surface area contributed by atoms with Crippen LogP contribution < -0.4 is 86.2 Å². The molecule has 0 aliphatic rings. The van der Waals surface area contributed by atoms with Crippen molar-refractivity contribution < 1.29 is 133 Å². The third-order valence-electron chi connectivity index (χ3n) is 5.26. The van der Waals surface area contributed by atoms with E-state index in [1.807, 2.05) is 0 Å². The van der Waals surface area contributed by atoms with Crippen molar-refractivity contribution in [2.45, 2.75) is 142 Å². The van der Waals surface area contributed by atoms with Gasteiger partial charge in [0.05, 0.1) is 0 Å². The van der Waals surface area contributed by atoms with Gasteiger partial charge in [-0.15, -0.1) is 0 Å². The van der Waals surface area contributed by atoms with E-state index < -0.39 is 22.3 Å². The number of hydrogen-bond acceptors (Lipinski definition) is 11. The molecule has 0 aromatic heterocycles. The Bertz CT molecular complexity index is 548. The van der Waals surface area contributed by atoms with Crippen LogP contribution in [0.4, 0.5) is 0 Å². The summed E-state index contributed by atoms with van der Waals surface area (Å²) in [6.45, 7) is 4.44. The fourth-order valence-electron chi connectivity index (χ4n) is 3.25. The minimum atomic E-state index is -4.97. The number of carbonyl (C=O) groups excluding carboxylic acids is 2. The van der Waals surface area contributed by atoms with Crippen molar-refractivity contribution >= 4 is 22.3 Å². The Morgan fingerprint density at radius 1 is 0.605 bits per heavy atom. The molecule has 218 valence electrons. The van der Waals surface area contributed by atoms with Crippen molar-refractivity contribution in [1.29, 1.82) is 0 Å². The molecule has 0 aliphatic heterocycles. The molecule has 11 nitrogen and oxygen atoms in total. The first-order valence-corrected chi connectivity index (χ1v) is 14.5. The molecule has 0 radical (unpaired) electrons. The SMILES string of the molecule is CCCCCCCCCCCC(=O)OO.CCCCCCCCCCCC(=O)OO.O=S(=O)([O-])O[O-].[K+].[Na+]. The molecule has 0 saturated heterocycles. The molecule has 0 bridgehead atoms. The second-order valence-electron chi connectivity index (χ2n) is 8.56. The van der Waals surface area contributed by atoms with E-state index in [2.05, 4.69) is 28.0 Å². The van der Waals surface area contributed by atoms with Gasteiger partial charge in [-0.3, -0.25) is 0 Å². The Labute approximate surface area is 294 Å². The number of carbonyl (C=O) groups is 2. The predicted octanol–water partition coefficient (Wildman–Crippen LogP) is -0.406. The van der Waals surface area contributed by atoms with Crippen LogP contribution in [0.15, 0.2) is 0 Å². The first-order chi connectivity index (χ1) is 17.2. The molecule has 0 unspecified atom stereocenters. The van der Waals surface area contributed by atoms with Gasteiger partial charge in [-0.1, -0.05) is 117 Å². The van der Waals surface area contributed by atoms with Crippen LogP contribution in [0.5, 0.6) is 0 Å². The van der Waals surface area contributed by atoms with Gasteiger partial charge in [-0.25, -0.2) is 18.0 Å². The summed E-state index contributed by atoms with van der Waals surface area (Å²) < 4.78 is 28.8. The van der Waals surface area contributed by atoms with Crippen molar-refractivity contribution in [3.63, 3.8) is 0 Å². The molecular formula is C24H48KNaO11S. The summed E-state index contributed by atoms with van der Waals surface area (Å²) in [7, 11) is -4.97. The maximum Gasteiger partial charge on any atom is 1.00 e. The molecule has 0 spiro atoms. The molecule has 0 aliphatic carbocycles. The van der Waals surface area contributed by atoms with Crippen LogP contribution in [0.1, 0.15) is 142 Å². The third-order valence-corrected chi connectivity index (χ3v) is 5.42. The molecular weight excluding hydrogens is 558 g/mol. The van der Waals surface area contributed by atoms with Crippen LogP contribution >= 0.6 is 0 Å². The van der Waals surface area contributed by atoms with Crippen LogP contribution in [0.25, 0.3) is 0 Å². The van der Waals surface area contributed by atoms with Crippen LogP contribution in [0, 0.1) is 0 Å². The van der Waals surface area contributed by atoms with Crippen molar-refractivity contribution in [1.82, 2.24) is 0 Å². The monoisotopic (exact) mass is 606 g/mol. The van der Waals surface area contributed by atoms with E-state index in [-0.39, 0.29) is 80.9 Å². The van der Waals surface area contributed by atoms with E-state index >= 15 is 0 Å². The van der Waals surface area contributed by atoms with Crippen LogP contribution in [-0.2, 0) is 34.1 Å². The topological polar surface area (TPSA) is 183 Å². The Hall–Kier alpha value is 1.33. The summed E-state index contributed by atoms with van der Waals surface area (Å²) in [6.07, 6.45) is 22.6. The molecule has 2 N–H and O–H groups in total. The van der Waals surface area contributed by atoms with Crippen molar-refractivity contribution in [3.05, 3.63) is 0 Å². The Morgan fingerprint density at radius 3 is 1.00 bits per heavy atom. The van der Waals surface area contributed by atoms with Crippen LogP contribution in [-0.4, -0.2) is 35.4 Å². The first kappa shape index (κ1) is 49.0. The standard InChI is InChI=1S/2C12H24O3.K.Na.H2O5S/c2*1-2-3-4-5-6-7-8-9-10-11-12(13)15-14;;;1-5-6(2,3)4/h2*14H,2-11H2,1H3;;;1H,(H,2,3,4)/q;;2*+1;/p-2. The maximum absolute atomic E-state index is 10.5. The minimum absolute atomic E-state index is 0.